The molecule has 1 aliphatic heterocycles. The molecule has 4 aromatic rings. The van der Waals surface area contributed by atoms with Crippen molar-refractivity contribution in [3.63, 3.8) is 0 Å². The molecule has 1 aromatic heterocycles. The molecule has 2 heterocycles. The Kier molecular flexibility index (Phi) is 6.27. The van der Waals surface area contributed by atoms with Crippen LogP contribution in [0.3, 0.4) is 0 Å². The van der Waals surface area contributed by atoms with Gasteiger partial charge in [-0.2, -0.15) is 0 Å². The van der Waals surface area contributed by atoms with Gasteiger partial charge in [-0.3, -0.25) is 4.79 Å². The second-order valence-electron chi connectivity index (χ2n) is 8.24. The number of nitrogens with two attached hydrogens (primary N) is 1. The van der Waals surface area contributed by atoms with Crippen LogP contribution in [0.25, 0.3) is 10.8 Å². The first-order valence-corrected chi connectivity index (χ1v) is 11.4. The topological polar surface area (TPSA) is 92.5 Å². The van der Waals surface area contributed by atoms with Gasteiger partial charge < -0.3 is 26.0 Å². The predicted octanol–water partition coefficient (Wildman–Crippen LogP) is 4.53. The van der Waals surface area contributed by atoms with Gasteiger partial charge in [0.05, 0.1) is 24.5 Å². The number of benzene rings is 3. The van der Waals surface area contributed by atoms with Crippen molar-refractivity contribution in [3.05, 3.63) is 90.1 Å². The first-order valence-electron chi connectivity index (χ1n) is 11.4. The van der Waals surface area contributed by atoms with Crippen molar-refractivity contribution in [1.29, 1.82) is 0 Å². The molecule has 7 heteroatoms. The minimum Gasteiger partial charge on any atom is -0.380 e. The minimum atomic E-state index is -0.519. The van der Waals surface area contributed by atoms with Crippen molar-refractivity contribution in [3.8, 4) is 0 Å². The average Bonchev–Trinajstić information content (AvgIpc) is 2.88. The second-order valence-corrected chi connectivity index (χ2v) is 8.24. The lowest BCUT2D eigenvalue weighted by atomic mass is 10.0. The van der Waals surface area contributed by atoms with E-state index in [1.54, 1.807) is 0 Å². The largest absolute Gasteiger partial charge is 0.380 e. The summed E-state index contributed by atoms with van der Waals surface area (Å²) in [5, 5.41) is 9.05. The summed E-state index contributed by atoms with van der Waals surface area (Å²) in [6.07, 6.45) is 1.51. The van der Waals surface area contributed by atoms with Gasteiger partial charge in [0.25, 0.3) is 5.91 Å². The molecule has 0 unspecified atom stereocenters. The van der Waals surface area contributed by atoms with E-state index in [0.29, 0.717) is 23.6 Å². The van der Waals surface area contributed by atoms with Gasteiger partial charge in [-0.05, 0) is 40.6 Å². The van der Waals surface area contributed by atoms with Crippen molar-refractivity contribution in [2.24, 2.45) is 5.73 Å². The summed E-state index contributed by atoms with van der Waals surface area (Å²) >= 11 is 0. The summed E-state index contributed by atoms with van der Waals surface area (Å²) in [6.45, 7) is 3.86. The standard InChI is InChI=1S/C27H27N5O2/c28-27(33)24-18-30-26(31-21-8-10-22(11-9-21)32-12-14-34-15-13-32)16-25(24)29-17-20-6-3-5-19-4-1-2-7-23(19)20/h1-11,16,18H,12-15,17H2,(H2,28,33)(H2,29,30,31). The van der Waals surface area contributed by atoms with Crippen LogP contribution in [0, 0.1) is 0 Å². The zero-order valence-corrected chi connectivity index (χ0v) is 18.8. The second kappa shape index (κ2) is 9.80. The molecule has 0 atom stereocenters. The number of ether oxygens (including phenoxy) is 1. The van der Waals surface area contributed by atoms with E-state index in [-0.39, 0.29) is 0 Å². The molecule has 0 radical (unpaired) electrons. The monoisotopic (exact) mass is 453 g/mol. The van der Waals surface area contributed by atoms with Crippen LogP contribution in [-0.4, -0.2) is 37.2 Å². The van der Waals surface area contributed by atoms with E-state index >= 15 is 0 Å². The SMILES string of the molecule is NC(=O)c1cnc(Nc2ccc(N3CCOCC3)cc2)cc1NCc1cccc2ccccc12. The fourth-order valence-electron chi connectivity index (χ4n) is 4.23. The molecule has 1 fully saturated rings. The summed E-state index contributed by atoms with van der Waals surface area (Å²) in [5.41, 5.74) is 9.83. The van der Waals surface area contributed by atoms with E-state index in [2.05, 4.69) is 56.9 Å². The minimum absolute atomic E-state index is 0.355. The van der Waals surface area contributed by atoms with E-state index in [4.69, 9.17) is 10.5 Å². The van der Waals surface area contributed by atoms with E-state index in [1.165, 1.54) is 22.7 Å². The number of anilines is 4. The summed E-state index contributed by atoms with van der Waals surface area (Å²) in [6, 6.07) is 24.5. The highest BCUT2D eigenvalue weighted by molar-refractivity contribution is 5.98. The molecule has 34 heavy (non-hydrogen) atoms. The van der Waals surface area contributed by atoms with Gasteiger partial charge in [-0.15, -0.1) is 0 Å². The van der Waals surface area contributed by atoms with Gasteiger partial charge in [0.15, 0.2) is 0 Å². The number of morpholine rings is 1. The molecule has 1 amide bonds. The number of rotatable bonds is 7. The predicted molar refractivity (Wildman–Crippen MR) is 137 cm³/mol. The fourth-order valence-corrected chi connectivity index (χ4v) is 4.23. The number of aromatic nitrogens is 1. The van der Waals surface area contributed by atoms with Crippen LogP contribution in [0.2, 0.25) is 0 Å². The number of primary amides is 1. The maximum atomic E-state index is 12.0. The molecule has 5 rings (SSSR count). The van der Waals surface area contributed by atoms with Crippen molar-refractivity contribution in [2.75, 3.05) is 41.8 Å². The van der Waals surface area contributed by atoms with E-state index in [1.807, 2.05) is 36.4 Å². The van der Waals surface area contributed by atoms with E-state index < -0.39 is 5.91 Å². The Hall–Kier alpha value is -4.10. The van der Waals surface area contributed by atoms with Crippen molar-refractivity contribution >= 4 is 39.6 Å². The Morgan fingerprint density at radius 1 is 1.00 bits per heavy atom. The third-order valence-electron chi connectivity index (χ3n) is 6.03. The number of nitrogens with one attached hydrogen (secondary N) is 2. The Bertz CT molecular complexity index is 1290. The third kappa shape index (κ3) is 4.79. The summed E-state index contributed by atoms with van der Waals surface area (Å²) in [5.74, 6) is 0.110. The van der Waals surface area contributed by atoms with Crippen LogP contribution < -0.4 is 21.3 Å². The summed E-state index contributed by atoms with van der Waals surface area (Å²) in [7, 11) is 0. The maximum absolute atomic E-state index is 12.0. The molecule has 0 bridgehead atoms. The lowest BCUT2D eigenvalue weighted by Gasteiger charge is -2.28. The van der Waals surface area contributed by atoms with Crippen LogP contribution in [0.5, 0.6) is 0 Å². The number of amides is 1. The van der Waals surface area contributed by atoms with Crippen LogP contribution >= 0.6 is 0 Å². The van der Waals surface area contributed by atoms with Crippen molar-refractivity contribution in [1.82, 2.24) is 4.98 Å². The van der Waals surface area contributed by atoms with Crippen LogP contribution in [0.4, 0.5) is 22.9 Å². The molecule has 0 aliphatic carbocycles. The quantitative estimate of drug-likeness (QED) is 0.381. The number of carbonyl (C=O) groups excluding carboxylic acids is 1. The zero-order valence-electron chi connectivity index (χ0n) is 18.8. The van der Waals surface area contributed by atoms with Gasteiger partial charge in [-0.1, -0.05) is 42.5 Å². The highest BCUT2D eigenvalue weighted by atomic mass is 16.5. The molecule has 1 aliphatic rings. The van der Waals surface area contributed by atoms with Gasteiger partial charge in [0, 0.05) is 43.3 Å². The lowest BCUT2D eigenvalue weighted by molar-refractivity contribution is 0.100. The van der Waals surface area contributed by atoms with Crippen molar-refractivity contribution in [2.45, 2.75) is 6.54 Å². The van der Waals surface area contributed by atoms with Crippen LogP contribution in [0.15, 0.2) is 79.0 Å². The van der Waals surface area contributed by atoms with E-state index in [0.717, 1.165) is 37.6 Å². The average molecular weight is 454 g/mol. The normalized spacial score (nSPS) is 13.6. The number of hydrogen-bond donors (Lipinski definition) is 3. The Morgan fingerprint density at radius 2 is 1.76 bits per heavy atom. The van der Waals surface area contributed by atoms with E-state index in [9.17, 15) is 4.79 Å². The molecule has 3 aromatic carbocycles. The Balaban J connectivity index is 1.34. The highest BCUT2D eigenvalue weighted by Crippen LogP contribution is 2.25. The molecular weight excluding hydrogens is 426 g/mol. The first-order chi connectivity index (χ1) is 16.7. The lowest BCUT2D eigenvalue weighted by Crippen LogP contribution is -2.36. The molecule has 4 N–H and O–H groups in total. The highest BCUT2D eigenvalue weighted by Gasteiger charge is 2.13. The number of pyridine rings is 1. The number of nitrogens with zero attached hydrogens (tertiary/aromatic N) is 2. The summed E-state index contributed by atoms with van der Waals surface area (Å²) in [4.78, 5) is 18.7. The van der Waals surface area contributed by atoms with Crippen LogP contribution in [-0.2, 0) is 11.3 Å². The molecule has 172 valence electrons. The smallest absolute Gasteiger partial charge is 0.252 e. The number of carbonyl (C=O) groups is 1. The van der Waals surface area contributed by atoms with Gasteiger partial charge in [0.2, 0.25) is 0 Å². The zero-order chi connectivity index (χ0) is 23.3. The molecule has 0 saturated carbocycles. The summed E-state index contributed by atoms with van der Waals surface area (Å²) < 4.78 is 5.43. The number of hydrogen-bond acceptors (Lipinski definition) is 6. The fraction of sp³-hybridized carbons (Fsp3) is 0.185. The third-order valence-corrected chi connectivity index (χ3v) is 6.03. The van der Waals surface area contributed by atoms with Crippen molar-refractivity contribution < 1.29 is 9.53 Å². The molecule has 7 nitrogen and oxygen atoms in total. The molecular formula is C27H27N5O2. The first kappa shape index (κ1) is 21.7. The van der Waals surface area contributed by atoms with Crippen LogP contribution in [0.1, 0.15) is 15.9 Å². The van der Waals surface area contributed by atoms with Gasteiger partial charge >= 0.3 is 0 Å². The molecule has 0 spiro atoms. The Labute approximate surface area is 198 Å². The van der Waals surface area contributed by atoms with Gasteiger partial charge in [0.1, 0.15) is 5.82 Å². The molecule has 1 saturated heterocycles. The maximum Gasteiger partial charge on any atom is 0.252 e. The number of fused-ring (bicyclic) bond motifs is 1. The Morgan fingerprint density at radius 3 is 2.56 bits per heavy atom. The van der Waals surface area contributed by atoms with Gasteiger partial charge in [-0.25, -0.2) is 4.98 Å².